The van der Waals surface area contributed by atoms with E-state index in [0.717, 1.165) is 6.54 Å². The molecule has 3 nitrogen and oxygen atoms in total. The van der Waals surface area contributed by atoms with Crippen LogP contribution in [0.4, 0.5) is 0 Å². The first-order valence-corrected chi connectivity index (χ1v) is 6.08. The lowest BCUT2D eigenvalue weighted by Crippen LogP contribution is -2.27. The van der Waals surface area contributed by atoms with E-state index in [2.05, 4.69) is 21.2 Å². The zero-order chi connectivity index (χ0) is 10.7. The molecule has 0 atom stereocenters. The molecule has 1 aromatic rings. The summed E-state index contributed by atoms with van der Waals surface area (Å²) in [5.41, 5.74) is 0. The van der Waals surface area contributed by atoms with Crippen molar-refractivity contribution in [2.24, 2.45) is 5.92 Å². The molecule has 1 aliphatic carbocycles. The van der Waals surface area contributed by atoms with E-state index in [4.69, 9.17) is 4.42 Å². The molecule has 0 spiro atoms. The van der Waals surface area contributed by atoms with Crippen LogP contribution in [0.5, 0.6) is 0 Å². The summed E-state index contributed by atoms with van der Waals surface area (Å²) in [5.74, 6) is 0.917. The molecule has 82 valence electrons. The summed E-state index contributed by atoms with van der Waals surface area (Å²) in [4.78, 5) is 11.6. The first-order valence-electron chi connectivity index (χ1n) is 5.29. The van der Waals surface area contributed by atoms with E-state index in [-0.39, 0.29) is 5.91 Å². The van der Waals surface area contributed by atoms with Crippen LogP contribution in [-0.2, 0) is 0 Å². The quantitative estimate of drug-likeness (QED) is 0.919. The standard InChI is InChI=1S/C11H14BrNO2/c12-10-6-5-9(15-10)11(14)13-7-8-3-1-2-4-8/h5-6,8H,1-4,7H2,(H,13,14). The topological polar surface area (TPSA) is 42.2 Å². The third kappa shape index (κ3) is 2.84. The van der Waals surface area contributed by atoms with E-state index in [1.807, 2.05) is 0 Å². The first kappa shape index (κ1) is 10.7. The molecule has 1 aromatic heterocycles. The van der Waals surface area contributed by atoms with Crippen molar-refractivity contribution in [1.82, 2.24) is 5.32 Å². The van der Waals surface area contributed by atoms with Gasteiger partial charge in [0.25, 0.3) is 5.91 Å². The predicted octanol–water partition coefficient (Wildman–Crippen LogP) is 2.96. The Bertz CT molecular complexity index is 342. The average Bonchev–Trinajstić information content (AvgIpc) is 2.84. The maximum Gasteiger partial charge on any atom is 0.287 e. The van der Waals surface area contributed by atoms with Gasteiger partial charge in [0.1, 0.15) is 0 Å². The molecule has 15 heavy (non-hydrogen) atoms. The highest BCUT2D eigenvalue weighted by molar-refractivity contribution is 9.10. The maximum absolute atomic E-state index is 11.6. The van der Waals surface area contributed by atoms with Crippen molar-refractivity contribution in [1.29, 1.82) is 0 Å². The van der Waals surface area contributed by atoms with E-state index in [9.17, 15) is 4.79 Å². The number of hydrogen-bond donors (Lipinski definition) is 1. The van der Waals surface area contributed by atoms with E-state index >= 15 is 0 Å². The van der Waals surface area contributed by atoms with Crippen LogP contribution in [0.25, 0.3) is 0 Å². The molecule has 0 aliphatic heterocycles. The molecule has 4 heteroatoms. The number of carbonyl (C=O) groups is 1. The van der Waals surface area contributed by atoms with Crippen LogP contribution >= 0.6 is 15.9 Å². The summed E-state index contributed by atoms with van der Waals surface area (Å²) in [5, 5.41) is 2.90. The molecule has 1 saturated carbocycles. The fraction of sp³-hybridized carbons (Fsp3) is 0.545. The molecular weight excluding hydrogens is 258 g/mol. The Labute approximate surface area is 97.4 Å². The molecule has 0 unspecified atom stereocenters. The second-order valence-electron chi connectivity index (χ2n) is 3.96. The average molecular weight is 272 g/mol. The van der Waals surface area contributed by atoms with Gasteiger partial charge >= 0.3 is 0 Å². The molecule has 1 fully saturated rings. The third-order valence-corrected chi connectivity index (χ3v) is 3.25. The Morgan fingerprint density at radius 1 is 1.47 bits per heavy atom. The van der Waals surface area contributed by atoms with E-state index in [1.165, 1.54) is 25.7 Å². The van der Waals surface area contributed by atoms with Gasteiger partial charge in [0, 0.05) is 6.54 Å². The molecule has 0 radical (unpaired) electrons. The Balaban J connectivity index is 1.81. The Kier molecular flexibility index (Phi) is 3.46. The van der Waals surface area contributed by atoms with Gasteiger partial charge in [-0.05, 0) is 46.8 Å². The molecule has 1 N–H and O–H groups in total. The molecule has 0 bridgehead atoms. The number of carbonyl (C=O) groups excluding carboxylic acids is 1. The minimum atomic E-state index is -0.118. The first-order chi connectivity index (χ1) is 7.25. The predicted molar refractivity (Wildman–Crippen MR) is 60.7 cm³/mol. The summed E-state index contributed by atoms with van der Waals surface area (Å²) >= 11 is 3.17. The molecule has 1 aliphatic rings. The summed E-state index contributed by atoms with van der Waals surface area (Å²) in [6, 6.07) is 3.40. The molecule has 2 rings (SSSR count). The fourth-order valence-corrected chi connectivity index (χ4v) is 2.28. The third-order valence-electron chi connectivity index (χ3n) is 2.82. The van der Waals surface area contributed by atoms with Crippen LogP contribution in [0.2, 0.25) is 0 Å². The van der Waals surface area contributed by atoms with E-state index < -0.39 is 0 Å². The number of amides is 1. The second kappa shape index (κ2) is 4.84. The molecule has 1 heterocycles. The van der Waals surface area contributed by atoms with Gasteiger partial charge in [-0.15, -0.1) is 0 Å². The lowest BCUT2D eigenvalue weighted by molar-refractivity contribution is 0.0918. The highest BCUT2D eigenvalue weighted by Gasteiger charge is 2.17. The van der Waals surface area contributed by atoms with Gasteiger partial charge in [-0.2, -0.15) is 0 Å². The van der Waals surface area contributed by atoms with E-state index in [1.54, 1.807) is 12.1 Å². The summed E-state index contributed by atoms with van der Waals surface area (Å²) in [7, 11) is 0. The number of hydrogen-bond acceptors (Lipinski definition) is 2. The Morgan fingerprint density at radius 2 is 2.20 bits per heavy atom. The van der Waals surface area contributed by atoms with E-state index in [0.29, 0.717) is 16.3 Å². The van der Waals surface area contributed by atoms with Gasteiger partial charge < -0.3 is 9.73 Å². The van der Waals surface area contributed by atoms with Crippen molar-refractivity contribution < 1.29 is 9.21 Å². The zero-order valence-corrected chi connectivity index (χ0v) is 10.0. The second-order valence-corrected chi connectivity index (χ2v) is 4.75. The van der Waals surface area contributed by atoms with Crippen LogP contribution in [0.3, 0.4) is 0 Å². The zero-order valence-electron chi connectivity index (χ0n) is 8.46. The van der Waals surface area contributed by atoms with Gasteiger partial charge in [-0.1, -0.05) is 12.8 Å². The number of rotatable bonds is 3. The van der Waals surface area contributed by atoms with Crippen LogP contribution in [-0.4, -0.2) is 12.5 Å². The highest BCUT2D eigenvalue weighted by atomic mass is 79.9. The summed E-state index contributed by atoms with van der Waals surface area (Å²) < 4.78 is 5.76. The van der Waals surface area contributed by atoms with Gasteiger partial charge in [-0.25, -0.2) is 0 Å². The molecule has 0 saturated heterocycles. The minimum Gasteiger partial charge on any atom is -0.444 e. The normalized spacial score (nSPS) is 16.9. The molecule has 1 amide bonds. The van der Waals surface area contributed by atoms with Crippen molar-refractivity contribution in [2.75, 3.05) is 6.54 Å². The van der Waals surface area contributed by atoms with Crippen molar-refractivity contribution in [3.8, 4) is 0 Å². The van der Waals surface area contributed by atoms with Gasteiger partial charge in [-0.3, -0.25) is 4.79 Å². The monoisotopic (exact) mass is 271 g/mol. The lowest BCUT2D eigenvalue weighted by Gasteiger charge is -2.08. The smallest absolute Gasteiger partial charge is 0.287 e. The molecule has 0 aromatic carbocycles. The molecular formula is C11H14BrNO2. The number of halogens is 1. The van der Waals surface area contributed by atoms with Gasteiger partial charge in [0.05, 0.1) is 0 Å². The van der Waals surface area contributed by atoms with Gasteiger partial charge in [0.15, 0.2) is 10.4 Å². The Morgan fingerprint density at radius 3 is 2.80 bits per heavy atom. The SMILES string of the molecule is O=C(NCC1CCCC1)c1ccc(Br)o1. The highest BCUT2D eigenvalue weighted by Crippen LogP contribution is 2.23. The van der Waals surface area contributed by atoms with Crippen molar-refractivity contribution >= 4 is 21.8 Å². The van der Waals surface area contributed by atoms with Crippen molar-refractivity contribution in [3.05, 3.63) is 22.6 Å². The van der Waals surface area contributed by atoms with Crippen molar-refractivity contribution in [2.45, 2.75) is 25.7 Å². The van der Waals surface area contributed by atoms with Crippen LogP contribution in [0, 0.1) is 5.92 Å². The Hall–Kier alpha value is -0.770. The van der Waals surface area contributed by atoms with Gasteiger partial charge in [0.2, 0.25) is 0 Å². The maximum atomic E-state index is 11.6. The lowest BCUT2D eigenvalue weighted by atomic mass is 10.1. The van der Waals surface area contributed by atoms with Crippen LogP contribution in [0.15, 0.2) is 21.2 Å². The van der Waals surface area contributed by atoms with Crippen molar-refractivity contribution in [3.63, 3.8) is 0 Å². The summed E-state index contributed by atoms with van der Waals surface area (Å²) in [6.07, 6.45) is 5.07. The fourth-order valence-electron chi connectivity index (χ4n) is 1.97. The van der Waals surface area contributed by atoms with Crippen LogP contribution < -0.4 is 5.32 Å². The summed E-state index contributed by atoms with van der Waals surface area (Å²) in [6.45, 7) is 0.775. The largest absolute Gasteiger partial charge is 0.444 e. The number of nitrogens with one attached hydrogen (secondary N) is 1. The number of furan rings is 1. The van der Waals surface area contributed by atoms with Crippen LogP contribution in [0.1, 0.15) is 36.2 Å². The minimum absolute atomic E-state index is 0.118.